The first-order valence-corrected chi connectivity index (χ1v) is 11.9. The normalized spacial score (nSPS) is 11.7. The van der Waals surface area contributed by atoms with Gasteiger partial charge in [0.15, 0.2) is 0 Å². The van der Waals surface area contributed by atoms with Crippen LogP contribution in [0.5, 0.6) is 17.5 Å². The molecular weight excluding hydrogens is 451 g/mol. The number of aryl methyl sites for hydroxylation is 3. The number of benzene rings is 3. The Balaban J connectivity index is 1.54. The molecule has 0 radical (unpaired) electrons. The summed E-state index contributed by atoms with van der Waals surface area (Å²) >= 11 is 6.47. The molecule has 0 amide bonds. The van der Waals surface area contributed by atoms with E-state index >= 15 is 0 Å². The molecule has 3 N–H and O–H groups in total. The van der Waals surface area contributed by atoms with Crippen LogP contribution < -0.4 is 14.8 Å². The van der Waals surface area contributed by atoms with Gasteiger partial charge in [-0.25, -0.2) is 0 Å². The van der Waals surface area contributed by atoms with E-state index in [1.54, 1.807) is 32.2 Å². The average Bonchev–Trinajstić information content (AvgIpc) is 3.13. The van der Waals surface area contributed by atoms with E-state index in [9.17, 15) is 14.4 Å². The van der Waals surface area contributed by atoms with Crippen LogP contribution in [0, 0.1) is 6.92 Å². The van der Waals surface area contributed by atoms with Crippen molar-refractivity contribution in [1.29, 1.82) is 0 Å². The lowest BCUT2D eigenvalue weighted by atomic mass is 10.0. The lowest BCUT2D eigenvalue weighted by molar-refractivity contribution is 0.386. The number of rotatable bonds is 7. The van der Waals surface area contributed by atoms with Crippen molar-refractivity contribution in [3.63, 3.8) is 0 Å². The summed E-state index contributed by atoms with van der Waals surface area (Å²) in [5.74, 6) is 1.10. The number of hydrogen-bond acceptors (Lipinski definition) is 4. The molecule has 0 aliphatic carbocycles. The molecule has 4 rings (SSSR count). The van der Waals surface area contributed by atoms with E-state index < -0.39 is 7.60 Å². The van der Waals surface area contributed by atoms with E-state index in [1.807, 2.05) is 30.3 Å². The van der Waals surface area contributed by atoms with Crippen molar-refractivity contribution in [3.05, 3.63) is 76.3 Å². The Morgan fingerprint density at radius 1 is 1.03 bits per heavy atom. The molecular formula is C23H22ClN2O5P. The summed E-state index contributed by atoms with van der Waals surface area (Å²) in [4.78, 5) is 26.5. The second-order valence-corrected chi connectivity index (χ2v) is 9.42. The molecule has 1 heterocycles. The van der Waals surface area contributed by atoms with E-state index in [1.165, 1.54) is 11.6 Å². The zero-order valence-electron chi connectivity index (χ0n) is 17.5. The Bertz CT molecular complexity index is 1310. The highest BCUT2D eigenvalue weighted by atomic mass is 35.5. The maximum absolute atomic E-state index is 11.7. The summed E-state index contributed by atoms with van der Waals surface area (Å²) in [6.45, 7) is 1.63. The van der Waals surface area contributed by atoms with Gasteiger partial charge in [0.25, 0.3) is 6.01 Å². The minimum atomic E-state index is -4.40. The van der Waals surface area contributed by atoms with Crippen LogP contribution in [0.1, 0.15) is 16.7 Å². The topological polar surface area (TPSA) is 105 Å². The van der Waals surface area contributed by atoms with E-state index in [0.717, 1.165) is 29.7 Å². The van der Waals surface area contributed by atoms with Crippen molar-refractivity contribution in [2.75, 3.05) is 7.11 Å². The lowest BCUT2D eigenvalue weighted by Gasteiger charge is -2.09. The van der Waals surface area contributed by atoms with Crippen molar-refractivity contribution >= 4 is 35.5 Å². The van der Waals surface area contributed by atoms with Gasteiger partial charge in [0.2, 0.25) is 0 Å². The molecule has 0 aliphatic heterocycles. The van der Waals surface area contributed by atoms with E-state index in [2.05, 4.69) is 9.97 Å². The molecule has 0 aliphatic rings. The minimum absolute atomic E-state index is 0.0741. The summed E-state index contributed by atoms with van der Waals surface area (Å²) in [5.41, 5.74) is 4.04. The fourth-order valence-electron chi connectivity index (χ4n) is 3.44. The maximum atomic E-state index is 11.7. The van der Waals surface area contributed by atoms with Gasteiger partial charge in [-0.2, -0.15) is 4.98 Å². The average molecular weight is 473 g/mol. The number of imidazole rings is 1. The lowest BCUT2D eigenvalue weighted by Crippen LogP contribution is -2.08. The van der Waals surface area contributed by atoms with Crippen molar-refractivity contribution in [2.45, 2.75) is 19.8 Å². The van der Waals surface area contributed by atoms with E-state index in [-0.39, 0.29) is 17.1 Å². The summed E-state index contributed by atoms with van der Waals surface area (Å²) in [7, 11) is -2.76. The third-order valence-electron chi connectivity index (χ3n) is 5.18. The highest BCUT2D eigenvalue weighted by Gasteiger charge is 2.21. The van der Waals surface area contributed by atoms with Gasteiger partial charge in [-0.15, -0.1) is 0 Å². The Morgan fingerprint density at radius 3 is 2.44 bits per heavy atom. The number of nitrogens with one attached hydrogen (secondary N) is 1. The highest BCUT2D eigenvalue weighted by molar-refractivity contribution is 7.60. The fraction of sp³-hybridized carbons (Fsp3) is 0.174. The number of halogens is 1. The second kappa shape index (κ2) is 8.96. The predicted molar refractivity (Wildman–Crippen MR) is 124 cm³/mol. The van der Waals surface area contributed by atoms with E-state index in [4.69, 9.17) is 21.1 Å². The van der Waals surface area contributed by atoms with E-state index in [0.29, 0.717) is 16.1 Å². The van der Waals surface area contributed by atoms with Crippen molar-refractivity contribution in [3.8, 4) is 17.5 Å². The molecule has 3 aromatic carbocycles. The molecule has 1 aromatic heterocycles. The smallest absolute Gasteiger partial charge is 0.356 e. The molecule has 0 saturated heterocycles. The molecule has 0 fully saturated rings. The quantitative estimate of drug-likeness (QED) is 0.330. The van der Waals surface area contributed by atoms with Crippen LogP contribution in [0.3, 0.4) is 0 Å². The first kappa shape index (κ1) is 22.4. The fourth-order valence-corrected chi connectivity index (χ4v) is 4.52. The minimum Gasteiger partial charge on any atom is -0.497 e. The van der Waals surface area contributed by atoms with Crippen LogP contribution in [0.15, 0.2) is 54.6 Å². The summed E-state index contributed by atoms with van der Waals surface area (Å²) in [6.07, 6.45) is 1.57. The van der Waals surface area contributed by atoms with Crippen molar-refractivity contribution < 1.29 is 23.8 Å². The molecule has 9 heteroatoms. The van der Waals surface area contributed by atoms with Gasteiger partial charge in [-0.05, 0) is 72.9 Å². The third-order valence-corrected chi connectivity index (χ3v) is 6.64. The molecule has 166 valence electrons. The number of nitrogens with zero attached hydrogens (tertiary/aromatic N) is 1. The van der Waals surface area contributed by atoms with Gasteiger partial charge < -0.3 is 24.2 Å². The maximum Gasteiger partial charge on any atom is 0.356 e. The number of H-pyrrole nitrogens is 1. The number of aromatic amines is 1. The highest BCUT2D eigenvalue weighted by Crippen LogP contribution is 2.36. The second-order valence-electron chi connectivity index (χ2n) is 7.45. The first-order chi connectivity index (χ1) is 15.2. The molecule has 4 aromatic rings. The number of aromatic nitrogens is 2. The molecule has 0 saturated carbocycles. The molecule has 0 spiro atoms. The Labute approximate surface area is 190 Å². The molecule has 0 atom stereocenters. The Kier molecular flexibility index (Phi) is 6.26. The molecule has 7 nitrogen and oxygen atoms in total. The van der Waals surface area contributed by atoms with Crippen LogP contribution in [-0.2, 0) is 17.4 Å². The number of fused-ring (bicyclic) bond motifs is 1. The zero-order valence-corrected chi connectivity index (χ0v) is 19.2. The van der Waals surface area contributed by atoms with Crippen LogP contribution >= 0.6 is 19.2 Å². The largest absolute Gasteiger partial charge is 0.497 e. The Hall–Kier alpha value is -2.83. The summed E-state index contributed by atoms with van der Waals surface area (Å²) in [5, 5.41) is 0.540. The van der Waals surface area contributed by atoms with Gasteiger partial charge in [0.1, 0.15) is 11.5 Å². The van der Waals surface area contributed by atoms with Crippen LogP contribution in [0.25, 0.3) is 11.0 Å². The molecule has 0 unspecified atom stereocenters. The molecule has 0 bridgehead atoms. The van der Waals surface area contributed by atoms with Gasteiger partial charge in [-0.1, -0.05) is 29.8 Å². The molecule has 32 heavy (non-hydrogen) atoms. The summed E-state index contributed by atoms with van der Waals surface area (Å²) < 4.78 is 22.6. The van der Waals surface area contributed by atoms with Gasteiger partial charge in [-0.3, -0.25) is 4.57 Å². The van der Waals surface area contributed by atoms with Crippen molar-refractivity contribution in [1.82, 2.24) is 9.97 Å². The third kappa shape index (κ3) is 4.97. The van der Waals surface area contributed by atoms with Crippen molar-refractivity contribution in [2.24, 2.45) is 0 Å². The number of ether oxygens (including phenoxy) is 2. The predicted octanol–water partition coefficient (Wildman–Crippen LogP) is 4.91. The number of hydrogen-bond donors (Lipinski definition) is 3. The standard InChI is InChI=1S/C23H22ClN2O5P/c1-14-3-8-18(12-22(14)32(27,28)29)31-23-25-20-11-16(19(24)13-21(20)26-23)7-4-15-5-9-17(30-2)10-6-15/h3,5-6,8-13H,4,7H2,1-2H3,(H,25,26)(H2,27,28,29). The first-order valence-electron chi connectivity index (χ1n) is 9.88. The van der Waals surface area contributed by atoms with Gasteiger partial charge in [0.05, 0.1) is 23.4 Å². The van der Waals surface area contributed by atoms with Crippen LogP contribution in [0.4, 0.5) is 0 Å². The monoisotopic (exact) mass is 472 g/mol. The van der Waals surface area contributed by atoms with Gasteiger partial charge in [0, 0.05) is 5.02 Å². The van der Waals surface area contributed by atoms with Gasteiger partial charge >= 0.3 is 7.60 Å². The SMILES string of the molecule is COc1ccc(CCc2cc3[nH]c(Oc4ccc(C)c(P(=O)(O)O)c4)nc3cc2Cl)cc1. The van der Waals surface area contributed by atoms with Crippen LogP contribution in [-0.4, -0.2) is 26.9 Å². The Morgan fingerprint density at radius 2 is 1.75 bits per heavy atom. The zero-order chi connectivity index (χ0) is 22.9. The number of methoxy groups -OCH3 is 1. The summed E-state index contributed by atoms with van der Waals surface area (Å²) in [6, 6.07) is 16.4. The van der Waals surface area contributed by atoms with Crippen LogP contribution in [0.2, 0.25) is 5.02 Å².